The minimum Gasteiger partial charge on any atom is -0.493 e. The fourth-order valence-corrected chi connectivity index (χ4v) is 3.41. The van der Waals surface area contributed by atoms with Crippen LogP contribution in [0.4, 0.5) is 5.82 Å². The third kappa shape index (κ3) is 4.18. The summed E-state index contributed by atoms with van der Waals surface area (Å²) in [6, 6.07) is 13.1. The van der Waals surface area contributed by atoms with Gasteiger partial charge in [0.05, 0.1) is 26.7 Å². The van der Waals surface area contributed by atoms with Gasteiger partial charge in [0.2, 0.25) is 5.75 Å². The number of hydrogen-bond acceptors (Lipinski definition) is 7. The maximum absolute atomic E-state index is 6.05. The predicted octanol–water partition coefficient (Wildman–Crippen LogP) is 4.98. The summed E-state index contributed by atoms with van der Waals surface area (Å²) < 4.78 is 16.7. The summed E-state index contributed by atoms with van der Waals surface area (Å²) in [5.74, 6) is 2.64. The molecule has 2 aromatic heterocycles. The van der Waals surface area contributed by atoms with E-state index in [2.05, 4.69) is 10.3 Å². The topological polar surface area (TPSA) is 78.4 Å². The van der Waals surface area contributed by atoms with Gasteiger partial charge in [-0.25, -0.2) is 9.97 Å². The Hall–Kier alpha value is -3.58. The monoisotopic (exact) mass is 436 g/mol. The molecule has 0 radical (unpaired) electrons. The molecule has 4 aromatic rings. The minimum absolute atomic E-state index is 0.469. The number of halogens is 1. The normalized spacial score (nSPS) is 10.7. The molecule has 0 saturated carbocycles. The minimum atomic E-state index is 0.469. The molecule has 2 heterocycles. The molecule has 0 bridgehead atoms. The predicted molar refractivity (Wildman–Crippen MR) is 121 cm³/mol. The molecule has 2 aromatic carbocycles. The van der Waals surface area contributed by atoms with Crippen LogP contribution in [0.15, 0.2) is 54.9 Å². The second kappa shape index (κ2) is 9.06. The Kier molecular flexibility index (Phi) is 6.04. The largest absolute Gasteiger partial charge is 0.493 e. The number of ether oxygens (including phenoxy) is 3. The van der Waals surface area contributed by atoms with Crippen LogP contribution in [0.25, 0.3) is 22.3 Å². The maximum atomic E-state index is 6.05. The lowest BCUT2D eigenvalue weighted by Gasteiger charge is -2.17. The van der Waals surface area contributed by atoms with Gasteiger partial charge in [0, 0.05) is 29.5 Å². The van der Waals surface area contributed by atoms with Gasteiger partial charge in [-0.05, 0) is 42.0 Å². The van der Waals surface area contributed by atoms with Crippen molar-refractivity contribution in [2.24, 2.45) is 0 Å². The van der Waals surface area contributed by atoms with Crippen molar-refractivity contribution in [2.75, 3.05) is 26.6 Å². The van der Waals surface area contributed by atoms with Crippen LogP contribution in [0.1, 0.15) is 5.56 Å². The van der Waals surface area contributed by atoms with E-state index in [4.69, 9.17) is 35.8 Å². The number of rotatable bonds is 7. The summed E-state index contributed by atoms with van der Waals surface area (Å²) in [5.41, 5.74) is 2.45. The molecule has 0 aliphatic rings. The third-order valence-electron chi connectivity index (χ3n) is 4.78. The van der Waals surface area contributed by atoms with Crippen LogP contribution in [-0.2, 0) is 6.54 Å². The van der Waals surface area contributed by atoms with Crippen molar-refractivity contribution >= 4 is 28.3 Å². The molecular formula is C23H21ClN4O3. The van der Waals surface area contributed by atoms with Gasteiger partial charge in [-0.15, -0.1) is 0 Å². The molecule has 0 saturated heterocycles. The quantitative estimate of drug-likeness (QED) is 0.437. The number of hydrogen-bond donors (Lipinski definition) is 1. The van der Waals surface area contributed by atoms with Crippen molar-refractivity contribution in [1.29, 1.82) is 0 Å². The first-order chi connectivity index (χ1) is 15.1. The molecule has 0 unspecified atom stereocenters. The Bertz CT molecular complexity index is 1200. The molecule has 7 nitrogen and oxygen atoms in total. The zero-order valence-corrected chi connectivity index (χ0v) is 18.1. The SMILES string of the molecule is COc1cc2c(NCc3cccnc3)nc(-c3ccc(Cl)cc3)nc2c(OC)c1OC. The molecule has 0 aliphatic heterocycles. The van der Waals surface area contributed by atoms with Gasteiger partial charge in [-0.2, -0.15) is 0 Å². The third-order valence-corrected chi connectivity index (χ3v) is 5.03. The van der Waals surface area contributed by atoms with Crippen LogP contribution >= 0.6 is 11.6 Å². The number of methoxy groups -OCH3 is 3. The average Bonchev–Trinajstić information content (AvgIpc) is 2.82. The first-order valence-electron chi connectivity index (χ1n) is 9.54. The highest BCUT2D eigenvalue weighted by Crippen LogP contribution is 2.44. The van der Waals surface area contributed by atoms with Gasteiger partial charge >= 0.3 is 0 Å². The van der Waals surface area contributed by atoms with Crippen LogP contribution in [0.5, 0.6) is 17.2 Å². The number of pyridine rings is 1. The number of anilines is 1. The molecule has 158 valence electrons. The van der Waals surface area contributed by atoms with Crippen LogP contribution in [0.3, 0.4) is 0 Å². The van der Waals surface area contributed by atoms with Crippen LogP contribution < -0.4 is 19.5 Å². The van der Waals surface area contributed by atoms with Gasteiger partial charge < -0.3 is 19.5 Å². The summed E-state index contributed by atoms with van der Waals surface area (Å²) in [5, 5.41) is 4.78. The summed E-state index contributed by atoms with van der Waals surface area (Å²) in [4.78, 5) is 13.7. The Labute approximate surface area is 185 Å². The Morgan fingerprint density at radius 1 is 0.935 bits per heavy atom. The lowest BCUT2D eigenvalue weighted by molar-refractivity contribution is 0.327. The smallest absolute Gasteiger partial charge is 0.205 e. The summed E-state index contributed by atoms with van der Waals surface area (Å²) in [6.45, 7) is 0.538. The van der Waals surface area contributed by atoms with E-state index >= 15 is 0 Å². The molecule has 0 amide bonds. The van der Waals surface area contributed by atoms with Gasteiger partial charge in [-0.1, -0.05) is 17.7 Å². The van der Waals surface area contributed by atoms with Crippen molar-refractivity contribution in [1.82, 2.24) is 15.0 Å². The second-order valence-corrected chi connectivity index (χ2v) is 7.10. The highest BCUT2D eigenvalue weighted by molar-refractivity contribution is 6.30. The fraction of sp³-hybridized carbons (Fsp3) is 0.174. The zero-order valence-electron chi connectivity index (χ0n) is 17.3. The van der Waals surface area contributed by atoms with Crippen LogP contribution in [0, 0.1) is 0 Å². The Morgan fingerprint density at radius 3 is 2.35 bits per heavy atom. The lowest BCUT2D eigenvalue weighted by atomic mass is 10.1. The molecule has 8 heteroatoms. The fourth-order valence-electron chi connectivity index (χ4n) is 3.28. The molecule has 31 heavy (non-hydrogen) atoms. The highest BCUT2D eigenvalue weighted by Gasteiger charge is 2.21. The molecule has 1 N–H and O–H groups in total. The van der Waals surface area contributed by atoms with Gasteiger partial charge in [-0.3, -0.25) is 4.98 Å². The molecule has 4 rings (SSSR count). The second-order valence-electron chi connectivity index (χ2n) is 6.66. The molecule has 0 spiro atoms. The maximum Gasteiger partial charge on any atom is 0.205 e. The molecule has 0 aliphatic carbocycles. The van der Waals surface area contributed by atoms with E-state index < -0.39 is 0 Å². The number of benzene rings is 2. The summed E-state index contributed by atoms with van der Waals surface area (Å²) >= 11 is 6.05. The van der Waals surface area contributed by atoms with Crippen LogP contribution in [-0.4, -0.2) is 36.3 Å². The Morgan fingerprint density at radius 2 is 1.71 bits per heavy atom. The molecular weight excluding hydrogens is 416 g/mol. The Balaban J connectivity index is 1.92. The van der Waals surface area contributed by atoms with Crippen molar-refractivity contribution < 1.29 is 14.2 Å². The van der Waals surface area contributed by atoms with Crippen molar-refractivity contribution in [3.05, 3.63) is 65.4 Å². The summed E-state index contributed by atoms with van der Waals surface area (Å²) in [7, 11) is 4.72. The van der Waals surface area contributed by atoms with Crippen molar-refractivity contribution in [3.63, 3.8) is 0 Å². The number of nitrogens with one attached hydrogen (secondary N) is 1. The molecule has 0 fully saturated rings. The van der Waals surface area contributed by atoms with Crippen molar-refractivity contribution in [2.45, 2.75) is 6.54 Å². The average molecular weight is 437 g/mol. The van der Waals surface area contributed by atoms with Gasteiger partial charge in [0.25, 0.3) is 0 Å². The first-order valence-corrected chi connectivity index (χ1v) is 9.91. The summed E-state index contributed by atoms with van der Waals surface area (Å²) in [6.07, 6.45) is 3.55. The highest BCUT2D eigenvalue weighted by atomic mass is 35.5. The molecule has 0 atom stereocenters. The van der Waals surface area contributed by atoms with E-state index in [0.717, 1.165) is 16.5 Å². The van der Waals surface area contributed by atoms with E-state index in [1.807, 2.05) is 30.3 Å². The van der Waals surface area contributed by atoms with E-state index in [1.54, 1.807) is 45.9 Å². The van der Waals surface area contributed by atoms with E-state index in [-0.39, 0.29) is 0 Å². The zero-order chi connectivity index (χ0) is 21.8. The number of fused-ring (bicyclic) bond motifs is 1. The van der Waals surface area contributed by atoms with Crippen LogP contribution in [0.2, 0.25) is 5.02 Å². The van der Waals surface area contributed by atoms with Gasteiger partial charge in [0.15, 0.2) is 17.3 Å². The van der Waals surface area contributed by atoms with Gasteiger partial charge in [0.1, 0.15) is 11.3 Å². The van der Waals surface area contributed by atoms with E-state index in [0.29, 0.717) is 46.0 Å². The number of aromatic nitrogens is 3. The standard InChI is InChI=1S/C23H21ClN4O3/c1-29-18-11-17-19(21(31-3)20(18)30-2)27-22(15-6-8-16(24)9-7-15)28-23(17)26-13-14-5-4-10-25-12-14/h4-12H,13H2,1-3H3,(H,26,27,28). The number of nitrogens with zero attached hydrogens (tertiary/aromatic N) is 3. The van der Waals surface area contributed by atoms with E-state index in [9.17, 15) is 0 Å². The first kappa shape index (κ1) is 20.7. The van der Waals surface area contributed by atoms with Crippen molar-refractivity contribution in [3.8, 4) is 28.6 Å². The lowest BCUT2D eigenvalue weighted by Crippen LogP contribution is -2.06. The van der Waals surface area contributed by atoms with E-state index in [1.165, 1.54) is 0 Å².